The number of hydrogen-bond donors (Lipinski definition) is 1. The van der Waals surface area contributed by atoms with E-state index in [4.69, 9.17) is 5.73 Å². The Kier molecular flexibility index (Phi) is 4.38. The van der Waals surface area contributed by atoms with E-state index >= 15 is 0 Å². The van der Waals surface area contributed by atoms with Gasteiger partial charge in [-0.05, 0) is 29.0 Å². The summed E-state index contributed by atoms with van der Waals surface area (Å²) in [6, 6.07) is 2.28. The molecule has 2 rings (SSSR count). The second kappa shape index (κ2) is 5.60. The molecule has 0 amide bonds. The predicted molar refractivity (Wildman–Crippen MR) is 72.9 cm³/mol. The van der Waals surface area contributed by atoms with E-state index in [-0.39, 0.29) is 6.04 Å². The van der Waals surface area contributed by atoms with Crippen LogP contribution in [0.2, 0.25) is 0 Å². The number of piperazine rings is 1. The van der Waals surface area contributed by atoms with Crippen LogP contribution in [0.4, 0.5) is 0 Å². The Bertz CT molecular complexity index is 334. The molecule has 1 unspecified atom stereocenters. The molecule has 3 nitrogen and oxygen atoms in total. The minimum absolute atomic E-state index is 0.153. The summed E-state index contributed by atoms with van der Waals surface area (Å²) in [6.45, 7) is 5.55. The highest BCUT2D eigenvalue weighted by Crippen LogP contribution is 2.24. The van der Waals surface area contributed by atoms with Crippen LogP contribution >= 0.6 is 27.3 Å². The summed E-state index contributed by atoms with van der Waals surface area (Å²) in [5.41, 5.74) is 6.21. The Labute approximate surface area is 109 Å². The van der Waals surface area contributed by atoms with Gasteiger partial charge in [0.1, 0.15) is 0 Å². The van der Waals surface area contributed by atoms with E-state index in [0.29, 0.717) is 0 Å². The molecule has 0 aliphatic carbocycles. The average Bonchev–Trinajstić information content (AvgIpc) is 2.68. The minimum Gasteiger partial charge on any atom is -0.322 e. The Morgan fingerprint density at radius 2 is 2.12 bits per heavy atom. The molecule has 1 aliphatic heterocycles. The molecule has 1 aromatic rings. The standard InChI is InChI=1S/C11H18BrN3S/c1-14-2-4-15(5-3-14)7-10(13)11-6-9(12)8-16-11/h6,8,10H,2-5,7,13H2,1H3. The summed E-state index contributed by atoms with van der Waals surface area (Å²) >= 11 is 5.21. The maximum Gasteiger partial charge on any atom is 0.0519 e. The summed E-state index contributed by atoms with van der Waals surface area (Å²) in [5.74, 6) is 0. The third kappa shape index (κ3) is 3.28. The van der Waals surface area contributed by atoms with Crippen molar-refractivity contribution in [3.05, 3.63) is 20.8 Å². The van der Waals surface area contributed by atoms with Crippen LogP contribution in [0, 0.1) is 0 Å². The van der Waals surface area contributed by atoms with Crippen LogP contribution in [-0.2, 0) is 0 Å². The summed E-state index contributed by atoms with van der Waals surface area (Å²) in [5, 5.41) is 2.10. The zero-order valence-electron chi connectivity index (χ0n) is 9.53. The van der Waals surface area contributed by atoms with Gasteiger partial charge in [0.05, 0.1) is 6.04 Å². The van der Waals surface area contributed by atoms with Crippen molar-refractivity contribution in [3.63, 3.8) is 0 Å². The Morgan fingerprint density at radius 3 is 2.69 bits per heavy atom. The van der Waals surface area contributed by atoms with Gasteiger partial charge >= 0.3 is 0 Å². The molecule has 16 heavy (non-hydrogen) atoms. The molecular weight excluding hydrogens is 286 g/mol. The molecule has 1 aliphatic rings. The van der Waals surface area contributed by atoms with E-state index in [1.807, 2.05) is 0 Å². The molecule has 1 aromatic heterocycles. The molecule has 0 aromatic carbocycles. The molecule has 2 heterocycles. The topological polar surface area (TPSA) is 32.5 Å². The minimum atomic E-state index is 0.153. The third-order valence-electron chi connectivity index (χ3n) is 3.00. The highest BCUT2D eigenvalue weighted by Gasteiger charge is 2.17. The maximum atomic E-state index is 6.21. The first-order valence-corrected chi connectivity index (χ1v) is 7.23. The van der Waals surface area contributed by atoms with Gasteiger partial charge in [0.2, 0.25) is 0 Å². The number of halogens is 1. The SMILES string of the molecule is CN1CCN(CC(N)c2cc(Br)cs2)CC1. The first-order valence-electron chi connectivity index (χ1n) is 5.55. The van der Waals surface area contributed by atoms with Gasteiger partial charge in [0.15, 0.2) is 0 Å². The van der Waals surface area contributed by atoms with E-state index in [2.05, 4.69) is 44.2 Å². The molecule has 0 radical (unpaired) electrons. The van der Waals surface area contributed by atoms with Crippen molar-refractivity contribution in [2.75, 3.05) is 39.8 Å². The normalized spacial score (nSPS) is 21.2. The first-order chi connectivity index (χ1) is 7.65. The quantitative estimate of drug-likeness (QED) is 0.923. The maximum absolute atomic E-state index is 6.21. The third-order valence-corrected chi connectivity index (χ3v) is 4.83. The second-order valence-electron chi connectivity index (χ2n) is 4.38. The molecule has 1 fully saturated rings. The number of nitrogens with zero attached hydrogens (tertiary/aromatic N) is 2. The number of rotatable bonds is 3. The van der Waals surface area contributed by atoms with Crippen molar-refractivity contribution in [2.24, 2.45) is 5.73 Å². The van der Waals surface area contributed by atoms with Crippen molar-refractivity contribution < 1.29 is 0 Å². The predicted octanol–water partition coefficient (Wildman–Crippen LogP) is 1.76. The molecule has 0 spiro atoms. The lowest BCUT2D eigenvalue weighted by Crippen LogP contribution is -2.46. The van der Waals surface area contributed by atoms with Gasteiger partial charge in [0.25, 0.3) is 0 Å². The van der Waals surface area contributed by atoms with Gasteiger partial charge in [0, 0.05) is 47.5 Å². The van der Waals surface area contributed by atoms with Crippen LogP contribution in [0.1, 0.15) is 10.9 Å². The van der Waals surface area contributed by atoms with Gasteiger partial charge < -0.3 is 10.6 Å². The Hall–Kier alpha value is 0.0600. The van der Waals surface area contributed by atoms with Crippen molar-refractivity contribution >= 4 is 27.3 Å². The molecule has 0 bridgehead atoms. The van der Waals surface area contributed by atoms with Crippen LogP contribution in [0.3, 0.4) is 0 Å². The van der Waals surface area contributed by atoms with Crippen molar-refractivity contribution in [1.82, 2.24) is 9.80 Å². The molecule has 1 atom stereocenters. The van der Waals surface area contributed by atoms with Gasteiger partial charge in [-0.1, -0.05) is 0 Å². The fraction of sp³-hybridized carbons (Fsp3) is 0.636. The van der Waals surface area contributed by atoms with Gasteiger partial charge in [-0.15, -0.1) is 11.3 Å². The van der Waals surface area contributed by atoms with Crippen molar-refractivity contribution in [1.29, 1.82) is 0 Å². The van der Waals surface area contributed by atoms with Crippen LogP contribution in [0.15, 0.2) is 15.9 Å². The van der Waals surface area contributed by atoms with Gasteiger partial charge in [-0.25, -0.2) is 0 Å². The lowest BCUT2D eigenvalue weighted by Gasteiger charge is -2.33. The summed E-state index contributed by atoms with van der Waals surface area (Å²) in [6.07, 6.45) is 0. The van der Waals surface area contributed by atoms with Crippen LogP contribution in [0.5, 0.6) is 0 Å². The first kappa shape index (κ1) is 12.5. The summed E-state index contributed by atoms with van der Waals surface area (Å²) in [7, 11) is 2.17. The van der Waals surface area contributed by atoms with Gasteiger partial charge in [-0.2, -0.15) is 0 Å². The molecule has 90 valence electrons. The average molecular weight is 304 g/mol. The van der Waals surface area contributed by atoms with Crippen molar-refractivity contribution in [2.45, 2.75) is 6.04 Å². The number of thiophene rings is 1. The molecule has 2 N–H and O–H groups in total. The summed E-state index contributed by atoms with van der Waals surface area (Å²) in [4.78, 5) is 6.09. The zero-order valence-corrected chi connectivity index (χ0v) is 11.9. The fourth-order valence-electron chi connectivity index (χ4n) is 1.92. The molecular formula is C11H18BrN3S. The van der Waals surface area contributed by atoms with Crippen LogP contribution < -0.4 is 5.73 Å². The van der Waals surface area contributed by atoms with E-state index in [9.17, 15) is 0 Å². The molecule has 0 saturated carbocycles. The smallest absolute Gasteiger partial charge is 0.0519 e. The lowest BCUT2D eigenvalue weighted by atomic mass is 10.2. The lowest BCUT2D eigenvalue weighted by molar-refractivity contribution is 0.148. The highest BCUT2D eigenvalue weighted by molar-refractivity contribution is 9.10. The fourth-order valence-corrected chi connectivity index (χ4v) is 3.36. The number of nitrogens with two attached hydrogens (primary N) is 1. The van der Waals surface area contributed by atoms with Crippen molar-refractivity contribution in [3.8, 4) is 0 Å². The van der Waals surface area contributed by atoms with Crippen LogP contribution in [0.25, 0.3) is 0 Å². The Morgan fingerprint density at radius 1 is 1.44 bits per heavy atom. The second-order valence-corrected chi connectivity index (χ2v) is 6.24. The largest absolute Gasteiger partial charge is 0.322 e. The van der Waals surface area contributed by atoms with E-state index in [1.54, 1.807) is 11.3 Å². The molecule has 1 saturated heterocycles. The summed E-state index contributed by atoms with van der Waals surface area (Å²) < 4.78 is 1.14. The monoisotopic (exact) mass is 303 g/mol. The Balaban J connectivity index is 1.85. The van der Waals surface area contributed by atoms with E-state index in [0.717, 1.165) is 37.2 Å². The molecule has 5 heteroatoms. The van der Waals surface area contributed by atoms with E-state index < -0.39 is 0 Å². The number of hydrogen-bond acceptors (Lipinski definition) is 4. The van der Waals surface area contributed by atoms with E-state index in [1.165, 1.54) is 4.88 Å². The van der Waals surface area contributed by atoms with Crippen LogP contribution in [-0.4, -0.2) is 49.6 Å². The number of likely N-dealkylation sites (N-methyl/N-ethyl adjacent to an activating group) is 1. The highest BCUT2D eigenvalue weighted by atomic mass is 79.9. The zero-order chi connectivity index (χ0) is 11.5. The van der Waals surface area contributed by atoms with Gasteiger partial charge in [-0.3, -0.25) is 4.90 Å².